The molecule has 0 amide bonds. The van der Waals surface area contributed by atoms with Crippen LogP contribution in [0.1, 0.15) is 0 Å². The van der Waals surface area contributed by atoms with Gasteiger partial charge >= 0.3 is 19.8 Å². The third kappa shape index (κ3) is 472. The van der Waals surface area contributed by atoms with Gasteiger partial charge in [-0.15, -0.1) is 0 Å². The van der Waals surface area contributed by atoms with Gasteiger partial charge < -0.3 is 104 Å². The number of quaternary nitrogens is 2. The fourth-order valence-electron chi connectivity index (χ4n) is 0. The van der Waals surface area contributed by atoms with Gasteiger partial charge in [-0.05, 0) is 0 Å². The SMILES string of the molecule is O=[N+]([O-])[O-].O=[N+]([O-])[O-].O=[N+]([O-])[O-].O=[N+]([O-])[O-].O=[N+]([O-])[O-].O=[N+]([O-])[O-].[NH4+].[NH4+].[Os+4]. The Bertz CT molecular complexity index is 260. The van der Waals surface area contributed by atoms with Gasteiger partial charge in [0.25, 0.3) is 0 Å². The summed E-state index contributed by atoms with van der Waals surface area (Å²) >= 11 is 0. The maximum atomic E-state index is 8.25. The quantitative estimate of drug-likeness (QED) is 0.257. The molecule has 0 aromatic heterocycles. The molecular weight excluding hydrogens is 590 g/mol. The third-order valence-corrected chi connectivity index (χ3v) is 0. The topological polar surface area (TPSA) is 470 Å². The normalized spacial score (nSPS) is 5.33. The van der Waals surface area contributed by atoms with Crippen molar-refractivity contribution in [2.45, 2.75) is 0 Å². The molecule has 0 rings (SSSR count). The second-order valence-corrected chi connectivity index (χ2v) is 1.34. The van der Waals surface area contributed by atoms with Gasteiger partial charge in [-0.1, -0.05) is 0 Å². The molecule has 27 heavy (non-hydrogen) atoms. The maximum absolute atomic E-state index is 8.25. The molecule has 0 saturated carbocycles. The standard InChI is InChI=1S/6NO3.2H3N.Os/c6*2-1(3)4;;;/h;;;;;;2*1H3;/q6*-1;;;+4/p+2. The van der Waals surface area contributed by atoms with E-state index in [1.54, 1.807) is 0 Å². The van der Waals surface area contributed by atoms with Crippen LogP contribution in [0.5, 0.6) is 0 Å². The molecule has 0 bridgehead atoms. The van der Waals surface area contributed by atoms with Crippen molar-refractivity contribution >= 4 is 0 Å². The van der Waals surface area contributed by atoms with Crippen LogP contribution in [-0.2, 0) is 19.8 Å². The van der Waals surface area contributed by atoms with Crippen LogP contribution in [0, 0.1) is 91.9 Å². The van der Waals surface area contributed by atoms with E-state index in [-0.39, 0.29) is 32.1 Å². The van der Waals surface area contributed by atoms with Crippen LogP contribution < -0.4 is 12.3 Å². The summed E-state index contributed by atoms with van der Waals surface area (Å²) in [6, 6.07) is 0. The van der Waals surface area contributed by atoms with Gasteiger partial charge in [0, 0.05) is 0 Å². The Labute approximate surface area is 155 Å². The van der Waals surface area contributed by atoms with Crippen LogP contribution in [0.15, 0.2) is 0 Å². The minimum absolute atomic E-state index is 0. The molecule has 0 spiro atoms. The Balaban J connectivity index is -0.0000000201. The van der Waals surface area contributed by atoms with Gasteiger partial charge in [0.1, 0.15) is 0 Å². The zero-order valence-corrected chi connectivity index (χ0v) is 14.9. The van der Waals surface area contributed by atoms with Crippen LogP contribution >= 0.6 is 0 Å². The Kier molecular flexibility index (Phi) is 104. The fraction of sp³-hybridized carbons (Fsp3) is 0. The van der Waals surface area contributed by atoms with E-state index in [1.165, 1.54) is 0 Å². The second-order valence-electron chi connectivity index (χ2n) is 1.34. The van der Waals surface area contributed by atoms with Gasteiger partial charge in [-0.25, -0.2) is 0 Å². The van der Waals surface area contributed by atoms with E-state index >= 15 is 0 Å². The van der Waals surface area contributed by atoms with E-state index in [2.05, 4.69) is 0 Å². The molecule has 0 saturated heterocycles. The summed E-state index contributed by atoms with van der Waals surface area (Å²) in [7, 11) is 0. The van der Waals surface area contributed by atoms with E-state index in [4.69, 9.17) is 91.9 Å². The zero-order valence-electron chi connectivity index (χ0n) is 12.4. The van der Waals surface area contributed by atoms with Gasteiger partial charge in [-0.2, -0.15) is 0 Å². The molecule has 8 N–H and O–H groups in total. The second kappa shape index (κ2) is 49.5. The minimum Gasteiger partial charge on any atom is -0.369 e. The van der Waals surface area contributed by atoms with E-state index < -0.39 is 30.5 Å². The maximum Gasteiger partial charge on any atom is 4.00 e. The molecule has 27 heteroatoms. The smallest absolute Gasteiger partial charge is 0.369 e. The molecule has 0 radical (unpaired) electrons. The molecule has 0 aromatic carbocycles. The van der Waals surface area contributed by atoms with E-state index in [1.807, 2.05) is 0 Å². The van der Waals surface area contributed by atoms with Gasteiger partial charge in [0.15, 0.2) is 0 Å². The average Bonchev–Trinajstić information content (AvgIpc) is 2.08. The predicted octanol–water partition coefficient (Wildman–Crippen LogP) is -0.685. The summed E-state index contributed by atoms with van der Waals surface area (Å²) < 4.78 is 0. The Hall–Kier alpha value is -4.24. The summed E-state index contributed by atoms with van der Waals surface area (Å²) in [5.74, 6) is 0. The Morgan fingerprint density at radius 2 is 0.296 bits per heavy atom. The van der Waals surface area contributed by atoms with Crippen molar-refractivity contribution in [3.63, 3.8) is 0 Å². The van der Waals surface area contributed by atoms with Crippen LogP contribution in [-0.4, -0.2) is 30.5 Å². The van der Waals surface area contributed by atoms with Gasteiger partial charge in [0.2, 0.25) is 0 Å². The summed E-state index contributed by atoms with van der Waals surface area (Å²) in [5.41, 5.74) is 0. The molecule has 0 aliphatic heterocycles. The molecule has 0 aliphatic carbocycles. The molecule has 0 fully saturated rings. The average molecular weight is 598 g/mol. The van der Waals surface area contributed by atoms with Crippen molar-refractivity contribution in [3.8, 4) is 0 Å². The van der Waals surface area contributed by atoms with Gasteiger partial charge in [-0.3, -0.25) is 0 Å². The molecule has 0 aliphatic rings. The van der Waals surface area contributed by atoms with E-state index in [0.717, 1.165) is 0 Å². The summed E-state index contributed by atoms with van der Waals surface area (Å²) in [5, 5.41) is 88.5. The zero-order chi connectivity index (χ0) is 21.5. The van der Waals surface area contributed by atoms with Crippen molar-refractivity contribution in [3.05, 3.63) is 91.9 Å². The molecule has 0 unspecified atom stereocenters. The first-order chi connectivity index (χ1) is 10.4. The predicted molar refractivity (Wildman–Crippen MR) is 74.1 cm³/mol. The molecule has 26 nitrogen and oxygen atoms in total. The molecule has 164 valence electrons. The van der Waals surface area contributed by atoms with Crippen molar-refractivity contribution < 1.29 is 50.3 Å². The fourth-order valence-corrected chi connectivity index (χ4v) is 0. The third-order valence-electron chi connectivity index (χ3n) is 0. The number of hydrogen-bond donors (Lipinski definition) is 2. The Morgan fingerprint density at radius 1 is 0.296 bits per heavy atom. The number of rotatable bonds is 0. The first kappa shape index (κ1) is 56.9. The van der Waals surface area contributed by atoms with E-state index in [0.29, 0.717) is 0 Å². The van der Waals surface area contributed by atoms with Crippen LogP contribution in [0.25, 0.3) is 0 Å². The first-order valence-electron chi connectivity index (χ1n) is 3.29. The number of hydrogen-bond acceptors (Lipinski definition) is 18. The van der Waals surface area contributed by atoms with Crippen LogP contribution in [0.2, 0.25) is 0 Å². The van der Waals surface area contributed by atoms with Gasteiger partial charge in [0.05, 0.1) is 30.5 Å². The minimum atomic E-state index is -1.75. The largest absolute Gasteiger partial charge is 4.00 e. The summed E-state index contributed by atoms with van der Waals surface area (Å²) in [6.45, 7) is 0. The summed E-state index contributed by atoms with van der Waals surface area (Å²) in [6.07, 6.45) is 0. The molecule has 0 aromatic rings. The van der Waals surface area contributed by atoms with Crippen molar-refractivity contribution in [2.24, 2.45) is 0 Å². The molecule has 0 heterocycles. The molecule has 0 atom stereocenters. The van der Waals surface area contributed by atoms with Crippen LogP contribution in [0.3, 0.4) is 0 Å². The first-order valence-corrected chi connectivity index (χ1v) is 3.29. The van der Waals surface area contributed by atoms with Crippen LogP contribution in [0.4, 0.5) is 0 Å². The summed E-state index contributed by atoms with van der Waals surface area (Å²) in [4.78, 5) is 49.5. The monoisotopic (exact) mass is 600 g/mol. The number of nitrogens with zero attached hydrogens (tertiary/aromatic N) is 6. The van der Waals surface area contributed by atoms with Crippen molar-refractivity contribution in [2.75, 3.05) is 0 Å². The molecular formula is H8N8O18Os. The van der Waals surface area contributed by atoms with Crippen molar-refractivity contribution in [1.29, 1.82) is 0 Å². The Morgan fingerprint density at radius 3 is 0.296 bits per heavy atom. The van der Waals surface area contributed by atoms with E-state index in [9.17, 15) is 0 Å². The van der Waals surface area contributed by atoms with Crippen molar-refractivity contribution in [1.82, 2.24) is 12.3 Å².